The molecule has 0 aliphatic carbocycles. The number of halogens is 1. The Hall–Kier alpha value is -0.340. The summed E-state index contributed by atoms with van der Waals surface area (Å²) in [5.41, 5.74) is 0. The predicted molar refractivity (Wildman–Crippen MR) is 119 cm³/mol. The van der Waals surface area contributed by atoms with Gasteiger partial charge >= 0.3 is 0 Å². The number of nitrogens with zero attached hydrogens (tertiary/aromatic N) is 4. The average Bonchev–Trinajstić information content (AvgIpc) is 3.20. The molecule has 25 heavy (non-hydrogen) atoms. The van der Waals surface area contributed by atoms with E-state index >= 15 is 0 Å². The van der Waals surface area contributed by atoms with Crippen LogP contribution in [-0.2, 0) is 0 Å². The first-order valence-electron chi connectivity index (χ1n) is 9.63. The van der Waals surface area contributed by atoms with E-state index in [0.29, 0.717) is 18.1 Å². The number of hydrogen-bond donors (Lipinski definition) is 1. The van der Waals surface area contributed by atoms with Gasteiger partial charge in [0, 0.05) is 64.4 Å². The van der Waals surface area contributed by atoms with Crippen molar-refractivity contribution in [1.29, 1.82) is 0 Å². The van der Waals surface area contributed by atoms with Crippen LogP contribution in [0.3, 0.4) is 0 Å². The Morgan fingerprint density at radius 2 is 1.84 bits per heavy atom. The fourth-order valence-electron chi connectivity index (χ4n) is 3.93. The van der Waals surface area contributed by atoms with Crippen molar-refractivity contribution in [3.05, 3.63) is 12.2 Å². The highest BCUT2D eigenvalue weighted by molar-refractivity contribution is 14.0. The van der Waals surface area contributed by atoms with Gasteiger partial charge in [-0.05, 0) is 40.5 Å². The smallest absolute Gasteiger partial charge is 0.193 e. The highest BCUT2D eigenvalue weighted by atomic mass is 127. The van der Waals surface area contributed by atoms with Gasteiger partial charge in [-0.25, -0.2) is 0 Å². The summed E-state index contributed by atoms with van der Waals surface area (Å²) in [6, 6.07) is 1.89. The maximum Gasteiger partial charge on any atom is 0.193 e. The van der Waals surface area contributed by atoms with Gasteiger partial charge in [-0.15, -0.1) is 24.0 Å². The molecule has 146 valence electrons. The summed E-state index contributed by atoms with van der Waals surface area (Å²) < 4.78 is 0. The summed E-state index contributed by atoms with van der Waals surface area (Å²) in [6.07, 6.45) is 6.97. The average molecular weight is 463 g/mol. The highest BCUT2D eigenvalue weighted by Crippen LogP contribution is 2.17. The van der Waals surface area contributed by atoms with Gasteiger partial charge < -0.3 is 10.2 Å². The molecule has 2 rings (SSSR count). The van der Waals surface area contributed by atoms with E-state index in [-0.39, 0.29) is 24.0 Å². The topological polar surface area (TPSA) is 34.1 Å². The lowest BCUT2D eigenvalue weighted by atomic mass is 10.2. The third-order valence-electron chi connectivity index (χ3n) is 5.24. The summed E-state index contributed by atoms with van der Waals surface area (Å²) in [4.78, 5) is 12.0. The second-order valence-corrected chi connectivity index (χ2v) is 7.57. The first-order valence-corrected chi connectivity index (χ1v) is 9.63. The van der Waals surface area contributed by atoms with E-state index in [0.717, 1.165) is 51.6 Å². The van der Waals surface area contributed by atoms with Crippen molar-refractivity contribution in [2.45, 2.75) is 58.7 Å². The number of guanidine groups is 1. The molecule has 0 radical (unpaired) electrons. The third kappa shape index (κ3) is 6.71. The molecule has 0 aromatic carbocycles. The van der Waals surface area contributed by atoms with Crippen LogP contribution < -0.4 is 5.32 Å². The summed E-state index contributed by atoms with van der Waals surface area (Å²) in [5, 5.41) is 3.57. The first kappa shape index (κ1) is 22.7. The molecule has 1 atom stereocenters. The van der Waals surface area contributed by atoms with Gasteiger partial charge in [0.05, 0.1) is 0 Å². The molecule has 0 bridgehead atoms. The molecule has 2 aliphatic heterocycles. The minimum Gasteiger partial charge on any atom is -0.356 e. The Bertz CT molecular complexity index is 420. The normalized spacial score (nSPS) is 21.7. The minimum atomic E-state index is 0. The van der Waals surface area contributed by atoms with E-state index in [2.05, 4.69) is 64.9 Å². The number of nitrogens with one attached hydrogen (secondary N) is 1. The fraction of sp³-hybridized carbons (Fsp3) is 0.842. The predicted octanol–water partition coefficient (Wildman–Crippen LogP) is 2.63. The second-order valence-electron chi connectivity index (χ2n) is 7.57. The van der Waals surface area contributed by atoms with Crippen molar-refractivity contribution < 1.29 is 0 Å². The van der Waals surface area contributed by atoms with Crippen molar-refractivity contribution in [3.8, 4) is 0 Å². The van der Waals surface area contributed by atoms with Crippen LogP contribution in [0, 0.1) is 0 Å². The van der Waals surface area contributed by atoms with E-state index in [9.17, 15) is 0 Å². The molecule has 0 aromatic rings. The molecule has 6 heteroatoms. The highest BCUT2D eigenvalue weighted by Gasteiger charge is 2.29. The van der Waals surface area contributed by atoms with Gasteiger partial charge in [-0.2, -0.15) is 0 Å². The van der Waals surface area contributed by atoms with Crippen LogP contribution in [0.5, 0.6) is 0 Å². The lowest BCUT2D eigenvalue weighted by Gasteiger charge is -2.30. The molecule has 0 saturated carbocycles. The molecule has 1 unspecified atom stereocenters. The van der Waals surface area contributed by atoms with Gasteiger partial charge in [0.2, 0.25) is 0 Å². The van der Waals surface area contributed by atoms with Crippen molar-refractivity contribution >= 4 is 29.9 Å². The van der Waals surface area contributed by atoms with Crippen molar-refractivity contribution in [2.24, 2.45) is 4.99 Å². The van der Waals surface area contributed by atoms with Crippen LogP contribution in [0.4, 0.5) is 0 Å². The van der Waals surface area contributed by atoms with Crippen molar-refractivity contribution in [1.82, 2.24) is 20.0 Å². The number of likely N-dealkylation sites (tertiary alicyclic amines) is 1. The number of rotatable bonds is 7. The molecule has 2 aliphatic rings. The van der Waals surface area contributed by atoms with E-state index in [1.807, 2.05) is 7.05 Å². The van der Waals surface area contributed by atoms with Crippen LogP contribution in [-0.4, -0.2) is 85.1 Å². The Labute approximate surface area is 171 Å². The van der Waals surface area contributed by atoms with Gasteiger partial charge in [0.1, 0.15) is 0 Å². The monoisotopic (exact) mass is 463 g/mol. The molecular weight excluding hydrogens is 425 g/mol. The van der Waals surface area contributed by atoms with Crippen LogP contribution in [0.25, 0.3) is 0 Å². The SMILES string of the molecule is CN=C(NCCCN(C(C)C)C(C)C)N1CCC(N2CC=CC2)C1.I. The summed E-state index contributed by atoms with van der Waals surface area (Å²) >= 11 is 0. The zero-order valence-electron chi connectivity index (χ0n) is 16.7. The largest absolute Gasteiger partial charge is 0.356 e. The van der Waals surface area contributed by atoms with Crippen molar-refractivity contribution in [2.75, 3.05) is 46.3 Å². The Morgan fingerprint density at radius 1 is 1.20 bits per heavy atom. The van der Waals surface area contributed by atoms with Gasteiger partial charge in [-0.1, -0.05) is 12.2 Å². The summed E-state index contributed by atoms with van der Waals surface area (Å²) in [7, 11) is 1.90. The molecule has 0 spiro atoms. The molecule has 0 amide bonds. The number of aliphatic imine (C=N–C) groups is 1. The van der Waals surface area contributed by atoms with E-state index in [1.54, 1.807) is 0 Å². The zero-order chi connectivity index (χ0) is 17.5. The molecule has 5 nitrogen and oxygen atoms in total. The second kappa shape index (κ2) is 11.4. The van der Waals surface area contributed by atoms with Crippen LogP contribution in [0.15, 0.2) is 17.1 Å². The van der Waals surface area contributed by atoms with Crippen LogP contribution in [0.2, 0.25) is 0 Å². The summed E-state index contributed by atoms with van der Waals surface area (Å²) in [5.74, 6) is 1.07. The molecule has 2 heterocycles. The van der Waals surface area contributed by atoms with E-state index in [4.69, 9.17) is 0 Å². The molecule has 1 N–H and O–H groups in total. The standard InChI is InChI=1S/C19H37N5.HI/c1-16(2)24(17(3)4)13-8-10-21-19(20-5)23-14-9-18(15-23)22-11-6-7-12-22;/h6-7,16-18H,8-15H2,1-5H3,(H,20,21);1H. The summed E-state index contributed by atoms with van der Waals surface area (Å²) in [6.45, 7) is 15.7. The van der Waals surface area contributed by atoms with Crippen molar-refractivity contribution in [3.63, 3.8) is 0 Å². The zero-order valence-corrected chi connectivity index (χ0v) is 19.1. The molecule has 1 saturated heterocycles. The fourth-order valence-corrected chi connectivity index (χ4v) is 3.93. The van der Waals surface area contributed by atoms with Crippen LogP contribution >= 0.6 is 24.0 Å². The molecular formula is C19H38IN5. The Kier molecular flexibility index (Phi) is 10.3. The third-order valence-corrected chi connectivity index (χ3v) is 5.24. The maximum absolute atomic E-state index is 4.50. The molecule has 0 aromatic heterocycles. The lowest BCUT2D eigenvalue weighted by Crippen LogP contribution is -2.44. The van der Waals surface area contributed by atoms with E-state index < -0.39 is 0 Å². The van der Waals surface area contributed by atoms with Gasteiger partial charge in [-0.3, -0.25) is 14.8 Å². The van der Waals surface area contributed by atoms with Gasteiger partial charge in [0.25, 0.3) is 0 Å². The Balaban J connectivity index is 0.00000312. The van der Waals surface area contributed by atoms with Gasteiger partial charge in [0.15, 0.2) is 5.96 Å². The maximum atomic E-state index is 4.50. The molecule has 1 fully saturated rings. The lowest BCUT2D eigenvalue weighted by molar-refractivity contribution is 0.173. The van der Waals surface area contributed by atoms with E-state index in [1.165, 1.54) is 6.42 Å². The van der Waals surface area contributed by atoms with Crippen LogP contribution in [0.1, 0.15) is 40.5 Å². The first-order chi connectivity index (χ1) is 11.5. The number of hydrogen-bond acceptors (Lipinski definition) is 3. The quantitative estimate of drug-likeness (QED) is 0.207. The Morgan fingerprint density at radius 3 is 2.40 bits per heavy atom. The minimum absolute atomic E-state index is 0.